The minimum absolute atomic E-state index is 0.00788. The van der Waals surface area contributed by atoms with Gasteiger partial charge in [-0.2, -0.15) is 0 Å². The molecule has 0 fully saturated rings. The van der Waals surface area contributed by atoms with Crippen LogP contribution in [0.3, 0.4) is 0 Å². The van der Waals surface area contributed by atoms with Crippen molar-refractivity contribution in [2.24, 2.45) is 0 Å². The Hall–Kier alpha value is -5.35. The van der Waals surface area contributed by atoms with Crippen molar-refractivity contribution in [1.82, 2.24) is 4.98 Å². The number of nitrogens with zero attached hydrogens (tertiary/aromatic N) is 2. The molecule has 1 atom stereocenters. The van der Waals surface area contributed by atoms with Gasteiger partial charge in [0.25, 0.3) is 6.71 Å². The molecule has 3 heterocycles. The van der Waals surface area contributed by atoms with Crippen molar-refractivity contribution in [2.75, 3.05) is 4.90 Å². The number of aryl methyl sites for hydroxylation is 1. The van der Waals surface area contributed by atoms with E-state index in [1.54, 1.807) is 5.57 Å². The van der Waals surface area contributed by atoms with Crippen LogP contribution in [0.25, 0.3) is 22.3 Å². The molecule has 0 radical (unpaired) electrons. The van der Waals surface area contributed by atoms with Gasteiger partial charge in [-0.3, -0.25) is 4.90 Å². The Balaban J connectivity index is 1.22. The number of benzene rings is 5. The number of allylic oxidation sites excluding steroid dienone is 2. The van der Waals surface area contributed by atoms with Crippen LogP contribution in [0.1, 0.15) is 44.0 Å². The topological polar surface area (TPSA) is 25.4 Å². The fourth-order valence-corrected chi connectivity index (χ4v) is 8.64. The van der Waals surface area contributed by atoms with Gasteiger partial charge in [-0.1, -0.05) is 116 Å². The van der Waals surface area contributed by atoms with Crippen molar-refractivity contribution in [3.63, 3.8) is 0 Å². The maximum Gasteiger partial charge on any atom is 0.258 e. The molecule has 0 saturated carbocycles. The van der Waals surface area contributed by atoms with Crippen molar-refractivity contribution in [3.8, 4) is 33.8 Å². The van der Waals surface area contributed by atoms with Crippen LogP contribution in [0.15, 0.2) is 133 Å². The number of rotatable bonds is 3. The first-order valence-electron chi connectivity index (χ1n) is 17.0. The molecule has 48 heavy (non-hydrogen) atoms. The molecule has 0 saturated heterocycles. The summed E-state index contributed by atoms with van der Waals surface area (Å²) in [5.74, 6) is 2.82. The summed E-state index contributed by atoms with van der Waals surface area (Å²) in [6.07, 6.45) is 3.58. The molecule has 230 valence electrons. The Bertz CT molecular complexity index is 2340. The van der Waals surface area contributed by atoms with Crippen LogP contribution in [0.5, 0.6) is 11.5 Å². The average molecular weight is 619 g/mol. The van der Waals surface area contributed by atoms with E-state index in [1.807, 2.05) is 0 Å². The lowest BCUT2D eigenvalue weighted by molar-refractivity contribution is 0.460. The maximum absolute atomic E-state index is 6.95. The molecular formula is C44H35BN2O. The van der Waals surface area contributed by atoms with E-state index in [0.29, 0.717) is 0 Å². The molecule has 5 aromatic carbocycles. The first-order valence-corrected chi connectivity index (χ1v) is 17.0. The Morgan fingerprint density at radius 2 is 1.33 bits per heavy atom. The predicted octanol–water partition coefficient (Wildman–Crippen LogP) is 9.01. The summed E-state index contributed by atoms with van der Waals surface area (Å²) in [6.45, 7) is 9.21. The van der Waals surface area contributed by atoms with Crippen LogP contribution in [0.4, 0.5) is 17.2 Å². The molecule has 0 N–H and O–H groups in total. The monoisotopic (exact) mass is 618 g/mol. The molecule has 0 amide bonds. The number of fused-ring (bicyclic) bond motifs is 7. The molecule has 3 nitrogen and oxygen atoms in total. The summed E-state index contributed by atoms with van der Waals surface area (Å²) >= 11 is 0. The Morgan fingerprint density at radius 1 is 0.667 bits per heavy atom. The van der Waals surface area contributed by atoms with Gasteiger partial charge in [0.1, 0.15) is 17.3 Å². The number of ether oxygens (including phenoxy) is 1. The lowest BCUT2D eigenvalue weighted by Crippen LogP contribution is -2.60. The summed E-state index contributed by atoms with van der Waals surface area (Å²) < 4.78 is 6.95. The predicted molar refractivity (Wildman–Crippen MR) is 199 cm³/mol. The zero-order valence-electron chi connectivity index (χ0n) is 27.7. The molecule has 0 spiro atoms. The van der Waals surface area contributed by atoms with Gasteiger partial charge in [-0.15, -0.1) is 0 Å². The minimum Gasteiger partial charge on any atom is -0.458 e. The highest BCUT2D eigenvalue weighted by Gasteiger charge is 2.52. The average Bonchev–Trinajstić information content (AvgIpc) is 3.77. The van der Waals surface area contributed by atoms with Crippen molar-refractivity contribution >= 4 is 40.3 Å². The van der Waals surface area contributed by atoms with E-state index in [0.717, 1.165) is 46.3 Å². The Morgan fingerprint density at radius 3 is 2.06 bits per heavy atom. The summed E-state index contributed by atoms with van der Waals surface area (Å²) in [6, 6.07) is 44.1. The minimum atomic E-state index is -0.00788. The fraction of sp³-hybridized carbons (Fsp3) is 0.159. The molecule has 1 aromatic heterocycles. The SMILES string of the molecule is Cc1cc2c3c(n1)N(c1ccc(-c4ccccc4)cc1)c1ccc(-c4ccccc4)cc1B3c1cc3c(cc1O2)C(C)(C)CC1=CC13C. The number of pyridine rings is 1. The third kappa shape index (κ3) is 3.92. The van der Waals surface area contributed by atoms with E-state index in [-0.39, 0.29) is 17.5 Å². The van der Waals surface area contributed by atoms with Gasteiger partial charge in [0.05, 0.1) is 0 Å². The van der Waals surface area contributed by atoms with E-state index >= 15 is 0 Å². The van der Waals surface area contributed by atoms with Crippen molar-refractivity contribution in [3.05, 3.63) is 150 Å². The highest BCUT2D eigenvalue weighted by Crippen LogP contribution is 2.59. The standard InChI is InChI=1S/C44H35BN2O/c1-27-21-40-41-42(46-27)47(33-18-15-30(16-19-33)28-11-7-5-8-12-28)38-20-17-31(29-13-9-6-10-14-29)22-36(38)45(41)37-23-35-34(24-39(37)48-40)43(2,3)25-32-26-44(32,35)4/h5-24,26H,25H2,1-4H3. The number of hydrogen-bond donors (Lipinski definition) is 0. The molecule has 0 bridgehead atoms. The van der Waals surface area contributed by atoms with Crippen LogP contribution in [0.2, 0.25) is 0 Å². The zero-order chi connectivity index (χ0) is 32.4. The molecule has 2 aliphatic heterocycles. The van der Waals surface area contributed by atoms with Crippen LogP contribution < -0.4 is 26.0 Å². The molecular weight excluding hydrogens is 583 g/mol. The van der Waals surface area contributed by atoms with Gasteiger partial charge in [-0.25, -0.2) is 4.98 Å². The van der Waals surface area contributed by atoms with Gasteiger partial charge in [0.2, 0.25) is 0 Å². The first-order chi connectivity index (χ1) is 23.3. The van der Waals surface area contributed by atoms with Crippen molar-refractivity contribution in [1.29, 1.82) is 0 Å². The Labute approximate surface area is 282 Å². The van der Waals surface area contributed by atoms with E-state index in [4.69, 9.17) is 9.72 Å². The maximum atomic E-state index is 6.95. The zero-order valence-corrected chi connectivity index (χ0v) is 27.7. The second-order valence-corrected chi connectivity index (χ2v) is 14.8. The molecule has 1 unspecified atom stereocenters. The number of anilines is 3. The first kappa shape index (κ1) is 27.7. The summed E-state index contributed by atoms with van der Waals surface area (Å²) in [5.41, 5.74) is 16.2. The van der Waals surface area contributed by atoms with E-state index in [2.05, 4.69) is 160 Å². The highest BCUT2D eigenvalue weighted by atomic mass is 16.5. The number of hydrogen-bond acceptors (Lipinski definition) is 3. The largest absolute Gasteiger partial charge is 0.458 e. The lowest BCUT2D eigenvalue weighted by atomic mass is 9.34. The van der Waals surface area contributed by atoms with Gasteiger partial charge < -0.3 is 4.74 Å². The lowest BCUT2D eigenvalue weighted by Gasteiger charge is -2.41. The second-order valence-electron chi connectivity index (χ2n) is 14.8. The Kier molecular flexibility index (Phi) is 5.55. The van der Waals surface area contributed by atoms with Crippen LogP contribution >= 0.6 is 0 Å². The van der Waals surface area contributed by atoms with E-state index < -0.39 is 0 Å². The molecule has 4 heteroatoms. The summed E-state index contributed by atoms with van der Waals surface area (Å²) in [7, 11) is 0. The van der Waals surface area contributed by atoms with Crippen LogP contribution in [-0.4, -0.2) is 11.7 Å². The van der Waals surface area contributed by atoms with Gasteiger partial charge in [-0.05, 0) is 94.3 Å². The quantitative estimate of drug-likeness (QED) is 0.146. The smallest absolute Gasteiger partial charge is 0.258 e. The molecule has 10 rings (SSSR count). The third-order valence-electron chi connectivity index (χ3n) is 11.2. The summed E-state index contributed by atoms with van der Waals surface area (Å²) in [4.78, 5) is 7.63. The fourth-order valence-electron chi connectivity index (χ4n) is 8.64. The van der Waals surface area contributed by atoms with Gasteiger partial charge >= 0.3 is 0 Å². The normalized spacial score (nSPS) is 18.8. The van der Waals surface area contributed by atoms with E-state index in [1.165, 1.54) is 44.3 Å². The van der Waals surface area contributed by atoms with Crippen LogP contribution in [0, 0.1) is 6.92 Å². The highest BCUT2D eigenvalue weighted by molar-refractivity contribution is 6.99. The van der Waals surface area contributed by atoms with E-state index in [9.17, 15) is 0 Å². The van der Waals surface area contributed by atoms with Crippen LogP contribution in [-0.2, 0) is 10.8 Å². The molecule has 2 aliphatic carbocycles. The van der Waals surface area contributed by atoms with Crippen molar-refractivity contribution in [2.45, 2.75) is 44.9 Å². The number of aromatic nitrogens is 1. The third-order valence-corrected chi connectivity index (χ3v) is 11.2. The van der Waals surface area contributed by atoms with Gasteiger partial charge in [0.15, 0.2) is 0 Å². The second kappa shape index (κ2) is 9.61. The van der Waals surface area contributed by atoms with Gasteiger partial charge in [0, 0.05) is 34.0 Å². The summed E-state index contributed by atoms with van der Waals surface area (Å²) in [5, 5.41) is 0. The van der Waals surface area contributed by atoms with Crippen molar-refractivity contribution < 1.29 is 4.74 Å². The molecule has 4 aliphatic rings. The molecule has 6 aromatic rings.